The largest absolute Gasteiger partial charge is 0.326 e. The van der Waals surface area contributed by atoms with Crippen LogP contribution in [-0.2, 0) is 0 Å². The fourth-order valence-electron chi connectivity index (χ4n) is 2.73. The predicted octanol–water partition coefficient (Wildman–Crippen LogP) is 3.57. The number of likely N-dealkylation sites (N-methyl/N-ethyl adjacent to an activating group) is 1. The van der Waals surface area contributed by atoms with E-state index in [1.165, 1.54) is 18.4 Å². The third-order valence-corrected chi connectivity index (χ3v) is 4.62. The van der Waals surface area contributed by atoms with E-state index in [9.17, 15) is 0 Å². The lowest BCUT2D eigenvalue weighted by molar-refractivity contribution is 0.149. The number of nitrogens with two attached hydrogens (primary N) is 1. The summed E-state index contributed by atoms with van der Waals surface area (Å²) in [4.78, 5) is 2.45. The van der Waals surface area contributed by atoms with Gasteiger partial charge in [0.05, 0.1) is 0 Å². The highest BCUT2D eigenvalue weighted by Gasteiger charge is 2.34. The van der Waals surface area contributed by atoms with Crippen LogP contribution in [0.1, 0.15) is 38.3 Å². The Morgan fingerprint density at radius 3 is 2.22 bits per heavy atom. The molecule has 1 saturated carbocycles. The lowest BCUT2D eigenvalue weighted by Crippen LogP contribution is -2.42. The van der Waals surface area contributed by atoms with E-state index in [2.05, 4.69) is 66.0 Å². The summed E-state index contributed by atoms with van der Waals surface area (Å²) >= 11 is 3.49. The number of hydrogen-bond donors (Lipinski definition) is 1. The minimum Gasteiger partial charge on any atom is -0.326 e. The molecule has 1 aromatic carbocycles. The summed E-state index contributed by atoms with van der Waals surface area (Å²) < 4.78 is 1.12. The number of hydrogen-bond acceptors (Lipinski definition) is 2. The quantitative estimate of drug-likeness (QED) is 0.901. The Kier molecular flexibility index (Phi) is 4.46. The zero-order chi connectivity index (χ0) is 13.3. The normalized spacial score (nSPS) is 20.8. The Morgan fingerprint density at radius 1 is 1.22 bits per heavy atom. The molecule has 0 aliphatic heterocycles. The van der Waals surface area contributed by atoms with Crippen molar-refractivity contribution in [3.05, 3.63) is 34.3 Å². The van der Waals surface area contributed by atoms with Crippen molar-refractivity contribution in [2.45, 2.75) is 44.8 Å². The van der Waals surface area contributed by atoms with Crippen LogP contribution in [0.5, 0.6) is 0 Å². The van der Waals surface area contributed by atoms with Crippen LogP contribution in [-0.4, -0.2) is 24.0 Å². The molecule has 3 atom stereocenters. The summed E-state index contributed by atoms with van der Waals surface area (Å²) in [6.45, 7) is 4.43. The van der Waals surface area contributed by atoms with Crippen molar-refractivity contribution in [3.63, 3.8) is 0 Å². The van der Waals surface area contributed by atoms with Gasteiger partial charge in [0.1, 0.15) is 0 Å². The Bertz CT molecular complexity index is 384. The molecule has 0 amide bonds. The van der Waals surface area contributed by atoms with E-state index < -0.39 is 0 Å². The molecule has 0 radical (unpaired) electrons. The van der Waals surface area contributed by atoms with Gasteiger partial charge in [0.25, 0.3) is 0 Å². The second-order valence-corrected chi connectivity index (χ2v) is 6.51. The van der Waals surface area contributed by atoms with E-state index in [-0.39, 0.29) is 6.04 Å². The minimum atomic E-state index is 0.136. The van der Waals surface area contributed by atoms with Crippen LogP contribution in [0.2, 0.25) is 0 Å². The molecule has 0 saturated heterocycles. The van der Waals surface area contributed by atoms with Gasteiger partial charge in [-0.2, -0.15) is 0 Å². The van der Waals surface area contributed by atoms with Crippen LogP contribution in [0.3, 0.4) is 0 Å². The zero-order valence-electron chi connectivity index (χ0n) is 11.4. The minimum absolute atomic E-state index is 0.136. The van der Waals surface area contributed by atoms with Crippen molar-refractivity contribution in [3.8, 4) is 0 Å². The molecular formula is C15H23BrN2. The van der Waals surface area contributed by atoms with Crippen LogP contribution >= 0.6 is 15.9 Å². The lowest BCUT2D eigenvalue weighted by atomic mass is 9.97. The van der Waals surface area contributed by atoms with Gasteiger partial charge in [0, 0.05) is 22.6 Å². The van der Waals surface area contributed by atoms with Gasteiger partial charge in [0.2, 0.25) is 0 Å². The summed E-state index contributed by atoms with van der Waals surface area (Å²) in [6, 6.07) is 9.60. The molecular weight excluding hydrogens is 288 g/mol. The first-order valence-electron chi connectivity index (χ1n) is 6.73. The third-order valence-electron chi connectivity index (χ3n) is 4.09. The highest BCUT2D eigenvalue weighted by molar-refractivity contribution is 9.10. The number of rotatable bonds is 5. The zero-order valence-corrected chi connectivity index (χ0v) is 13.0. The van der Waals surface area contributed by atoms with E-state index >= 15 is 0 Å². The highest BCUT2D eigenvalue weighted by atomic mass is 79.9. The SMILES string of the molecule is CC(N)C(c1ccc(Br)cc1)N(C)C(C)C1CC1. The molecule has 1 aliphatic rings. The van der Waals surface area contributed by atoms with Crippen molar-refractivity contribution in [2.24, 2.45) is 11.7 Å². The molecule has 18 heavy (non-hydrogen) atoms. The van der Waals surface area contributed by atoms with Gasteiger partial charge in [0.15, 0.2) is 0 Å². The molecule has 0 spiro atoms. The maximum absolute atomic E-state index is 6.21. The fourth-order valence-corrected chi connectivity index (χ4v) is 3.00. The predicted molar refractivity (Wildman–Crippen MR) is 80.5 cm³/mol. The smallest absolute Gasteiger partial charge is 0.0496 e. The molecule has 1 aliphatic carbocycles. The van der Waals surface area contributed by atoms with Crippen LogP contribution in [0, 0.1) is 5.92 Å². The van der Waals surface area contributed by atoms with E-state index in [0.29, 0.717) is 12.1 Å². The average molecular weight is 311 g/mol. The topological polar surface area (TPSA) is 29.3 Å². The van der Waals surface area contributed by atoms with E-state index in [0.717, 1.165) is 10.4 Å². The second kappa shape index (κ2) is 5.72. The van der Waals surface area contributed by atoms with Gasteiger partial charge >= 0.3 is 0 Å². The summed E-state index contributed by atoms with van der Waals surface area (Å²) in [6.07, 6.45) is 2.75. The number of benzene rings is 1. The molecule has 1 aromatic rings. The van der Waals surface area contributed by atoms with E-state index in [4.69, 9.17) is 5.73 Å². The van der Waals surface area contributed by atoms with Crippen LogP contribution in [0.25, 0.3) is 0 Å². The summed E-state index contributed by atoms with van der Waals surface area (Å²) in [5.41, 5.74) is 7.52. The molecule has 100 valence electrons. The Balaban J connectivity index is 2.18. The van der Waals surface area contributed by atoms with Gasteiger partial charge in [-0.15, -0.1) is 0 Å². The number of nitrogens with zero attached hydrogens (tertiary/aromatic N) is 1. The van der Waals surface area contributed by atoms with Crippen molar-refractivity contribution < 1.29 is 0 Å². The molecule has 0 bridgehead atoms. The van der Waals surface area contributed by atoms with Crippen molar-refractivity contribution in [1.82, 2.24) is 4.90 Å². The van der Waals surface area contributed by atoms with Gasteiger partial charge < -0.3 is 5.73 Å². The Labute approximate surface area is 119 Å². The maximum Gasteiger partial charge on any atom is 0.0496 e. The first kappa shape index (κ1) is 14.0. The summed E-state index contributed by atoms with van der Waals surface area (Å²) in [7, 11) is 2.21. The van der Waals surface area contributed by atoms with Crippen LogP contribution in [0.15, 0.2) is 28.7 Å². The molecule has 1 fully saturated rings. The average Bonchev–Trinajstić information content (AvgIpc) is 3.14. The molecule has 3 heteroatoms. The van der Waals surface area contributed by atoms with Crippen LogP contribution in [0.4, 0.5) is 0 Å². The number of halogens is 1. The lowest BCUT2D eigenvalue weighted by Gasteiger charge is -2.36. The van der Waals surface area contributed by atoms with E-state index in [1.807, 2.05) is 0 Å². The fraction of sp³-hybridized carbons (Fsp3) is 0.600. The first-order chi connectivity index (χ1) is 8.50. The third kappa shape index (κ3) is 3.14. The Morgan fingerprint density at radius 2 is 1.78 bits per heavy atom. The van der Waals surface area contributed by atoms with Crippen LogP contribution < -0.4 is 5.73 Å². The summed E-state index contributed by atoms with van der Waals surface area (Å²) in [5, 5.41) is 0. The molecule has 2 nitrogen and oxygen atoms in total. The highest BCUT2D eigenvalue weighted by Crippen LogP contribution is 2.38. The van der Waals surface area contributed by atoms with Crippen molar-refractivity contribution in [1.29, 1.82) is 0 Å². The first-order valence-corrected chi connectivity index (χ1v) is 7.53. The van der Waals surface area contributed by atoms with Crippen molar-refractivity contribution in [2.75, 3.05) is 7.05 Å². The molecule has 0 heterocycles. The van der Waals surface area contributed by atoms with Gasteiger partial charge in [-0.05, 0) is 57.4 Å². The van der Waals surface area contributed by atoms with Crippen molar-refractivity contribution >= 4 is 15.9 Å². The standard InChI is InChI=1S/C15H23BrN2/c1-10(17)15(13-6-8-14(16)9-7-13)18(3)11(2)12-4-5-12/h6-12,15H,4-5,17H2,1-3H3. The molecule has 3 unspecified atom stereocenters. The molecule has 2 rings (SSSR count). The Hall–Kier alpha value is -0.380. The monoisotopic (exact) mass is 310 g/mol. The molecule has 0 aromatic heterocycles. The van der Waals surface area contributed by atoms with Gasteiger partial charge in [-0.1, -0.05) is 28.1 Å². The van der Waals surface area contributed by atoms with E-state index in [1.54, 1.807) is 0 Å². The second-order valence-electron chi connectivity index (χ2n) is 5.60. The van der Waals surface area contributed by atoms with Gasteiger partial charge in [-0.3, -0.25) is 4.90 Å². The van der Waals surface area contributed by atoms with Gasteiger partial charge in [-0.25, -0.2) is 0 Å². The summed E-state index contributed by atoms with van der Waals surface area (Å²) in [5.74, 6) is 0.867. The maximum atomic E-state index is 6.21. The molecule has 2 N–H and O–H groups in total.